The van der Waals surface area contributed by atoms with Crippen molar-refractivity contribution in [3.63, 3.8) is 0 Å². The molecule has 0 aliphatic heterocycles. The number of benzene rings is 2. The van der Waals surface area contributed by atoms with Crippen LogP contribution in [0, 0.1) is 12.7 Å². The van der Waals surface area contributed by atoms with Crippen molar-refractivity contribution >= 4 is 11.8 Å². The van der Waals surface area contributed by atoms with Crippen LogP contribution in [0.15, 0.2) is 53.4 Å². The fourth-order valence-electron chi connectivity index (χ4n) is 2.14. The predicted octanol–water partition coefficient (Wildman–Crippen LogP) is 4.70. The molecule has 2 unspecified atom stereocenters. The molecule has 0 amide bonds. The molecule has 2 aromatic carbocycles. The van der Waals surface area contributed by atoms with Crippen LogP contribution in [0.25, 0.3) is 0 Å². The molecule has 1 nitrogen and oxygen atoms in total. The molecule has 0 saturated carbocycles. The molecule has 0 fully saturated rings. The van der Waals surface area contributed by atoms with Crippen LogP contribution >= 0.6 is 11.8 Å². The van der Waals surface area contributed by atoms with Crippen LogP contribution in [-0.4, -0.2) is 6.04 Å². The molecule has 2 atom stereocenters. The highest BCUT2D eigenvalue weighted by Gasteiger charge is 2.22. The summed E-state index contributed by atoms with van der Waals surface area (Å²) in [4.78, 5) is 1.13. The van der Waals surface area contributed by atoms with Gasteiger partial charge in [0.1, 0.15) is 5.82 Å². The topological polar surface area (TPSA) is 26.0 Å². The summed E-state index contributed by atoms with van der Waals surface area (Å²) in [5.41, 5.74) is 8.11. The van der Waals surface area contributed by atoms with Gasteiger partial charge in [-0.2, -0.15) is 0 Å². The molecule has 2 N–H and O–H groups in total. The summed E-state index contributed by atoms with van der Waals surface area (Å²) in [5.74, 6) is -0.179. The first-order chi connectivity index (χ1) is 9.61. The minimum absolute atomic E-state index is 0.0667. The van der Waals surface area contributed by atoms with Gasteiger partial charge in [-0.05, 0) is 31.5 Å². The molecule has 0 aromatic heterocycles. The third-order valence-electron chi connectivity index (χ3n) is 3.32. The van der Waals surface area contributed by atoms with Crippen molar-refractivity contribution in [1.29, 1.82) is 0 Å². The molecule has 106 valence electrons. The van der Waals surface area contributed by atoms with Gasteiger partial charge in [-0.25, -0.2) is 4.39 Å². The molecule has 0 aliphatic carbocycles. The van der Waals surface area contributed by atoms with Crippen LogP contribution in [0.5, 0.6) is 0 Å². The van der Waals surface area contributed by atoms with E-state index in [1.54, 1.807) is 17.8 Å². The van der Waals surface area contributed by atoms with E-state index in [1.807, 2.05) is 31.2 Å². The van der Waals surface area contributed by atoms with E-state index in [0.717, 1.165) is 11.3 Å². The zero-order valence-electron chi connectivity index (χ0n) is 11.8. The lowest BCUT2D eigenvalue weighted by molar-refractivity contribution is 0.572. The van der Waals surface area contributed by atoms with Crippen molar-refractivity contribution in [2.45, 2.75) is 36.5 Å². The lowest BCUT2D eigenvalue weighted by Gasteiger charge is -2.23. The van der Waals surface area contributed by atoms with Crippen molar-refractivity contribution in [2.75, 3.05) is 0 Å². The molecule has 2 aromatic rings. The Morgan fingerprint density at radius 2 is 1.90 bits per heavy atom. The first kappa shape index (κ1) is 15.1. The van der Waals surface area contributed by atoms with E-state index in [-0.39, 0.29) is 17.1 Å². The highest BCUT2D eigenvalue weighted by molar-refractivity contribution is 7.99. The fourth-order valence-corrected chi connectivity index (χ4v) is 3.53. The molecule has 20 heavy (non-hydrogen) atoms. The first-order valence-electron chi connectivity index (χ1n) is 6.85. The Morgan fingerprint density at radius 3 is 2.55 bits per heavy atom. The van der Waals surface area contributed by atoms with E-state index >= 15 is 0 Å². The summed E-state index contributed by atoms with van der Waals surface area (Å²) in [7, 11) is 0. The minimum atomic E-state index is -0.179. The lowest BCUT2D eigenvalue weighted by Crippen LogP contribution is -2.26. The molecule has 0 heterocycles. The third-order valence-corrected chi connectivity index (χ3v) is 4.71. The SMILES string of the molecule is CCC(N)C(Sc1cccc(C)c1)c1ccccc1F. The summed E-state index contributed by atoms with van der Waals surface area (Å²) in [6.45, 7) is 4.09. The van der Waals surface area contributed by atoms with E-state index in [2.05, 4.69) is 19.1 Å². The first-order valence-corrected chi connectivity index (χ1v) is 7.73. The molecule has 0 aliphatic rings. The van der Waals surface area contributed by atoms with Crippen molar-refractivity contribution in [2.24, 2.45) is 5.73 Å². The second kappa shape index (κ2) is 6.91. The number of nitrogens with two attached hydrogens (primary N) is 1. The van der Waals surface area contributed by atoms with Crippen molar-refractivity contribution in [3.05, 3.63) is 65.5 Å². The van der Waals surface area contributed by atoms with Gasteiger partial charge in [-0.1, -0.05) is 42.8 Å². The number of hydrogen-bond acceptors (Lipinski definition) is 2. The van der Waals surface area contributed by atoms with Crippen molar-refractivity contribution < 1.29 is 4.39 Å². The van der Waals surface area contributed by atoms with Crippen LogP contribution in [-0.2, 0) is 0 Å². The third kappa shape index (κ3) is 3.62. The Balaban J connectivity index is 2.32. The highest BCUT2D eigenvalue weighted by Crippen LogP contribution is 2.39. The van der Waals surface area contributed by atoms with Crippen LogP contribution in [0.3, 0.4) is 0 Å². The van der Waals surface area contributed by atoms with E-state index in [0.29, 0.717) is 5.56 Å². The van der Waals surface area contributed by atoms with Gasteiger partial charge in [0.05, 0.1) is 5.25 Å². The van der Waals surface area contributed by atoms with Crippen LogP contribution in [0.1, 0.15) is 29.7 Å². The second-order valence-electron chi connectivity index (χ2n) is 4.95. The number of aryl methyl sites for hydroxylation is 1. The number of thioether (sulfide) groups is 1. The lowest BCUT2D eigenvalue weighted by atomic mass is 10.0. The Morgan fingerprint density at radius 1 is 1.15 bits per heavy atom. The van der Waals surface area contributed by atoms with E-state index in [1.165, 1.54) is 11.6 Å². The van der Waals surface area contributed by atoms with Crippen molar-refractivity contribution in [1.82, 2.24) is 0 Å². The molecule has 2 rings (SSSR count). The smallest absolute Gasteiger partial charge is 0.127 e. The van der Waals surface area contributed by atoms with Crippen LogP contribution in [0.2, 0.25) is 0 Å². The average Bonchev–Trinajstić information content (AvgIpc) is 2.45. The largest absolute Gasteiger partial charge is 0.326 e. The zero-order chi connectivity index (χ0) is 14.5. The summed E-state index contributed by atoms with van der Waals surface area (Å²) in [6.07, 6.45) is 0.817. The minimum Gasteiger partial charge on any atom is -0.326 e. The van der Waals surface area contributed by atoms with E-state index in [4.69, 9.17) is 5.73 Å². The maximum atomic E-state index is 14.0. The van der Waals surface area contributed by atoms with Crippen LogP contribution in [0.4, 0.5) is 4.39 Å². The molecule has 0 bridgehead atoms. The molecular formula is C17H20FNS. The maximum absolute atomic E-state index is 14.0. The molecule has 3 heteroatoms. The van der Waals surface area contributed by atoms with Gasteiger partial charge in [-0.15, -0.1) is 11.8 Å². The van der Waals surface area contributed by atoms with Crippen LogP contribution < -0.4 is 5.73 Å². The van der Waals surface area contributed by atoms with Gasteiger partial charge in [0.25, 0.3) is 0 Å². The maximum Gasteiger partial charge on any atom is 0.127 e. The predicted molar refractivity (Wildman–Crippen MR) is 84.4 cm³/mol. The highest BCUT2D eigenvalue weighted by atomic mass is 32.2. The van der Waals surface area contributed by atoms with E-state index in [9.17, 15) is 4.39 Å². The zero-order valence-corrected chi connectivity index (χ0v) is 12.7. The normalized spacial score (nSPS) is 14.0. The Labute approximate surface area is 124 Å². The molecular weight excluding hydrogens is 269 g/mol. The number of hydrogen-bond donors (Lipinski definition) is 1. The van der Waals surface area contributed by atoms with Gasteiger partial charge < -0.3 is 5.73 Å². The monoisotopic (exact) mass is 289 g/mol. The fraction of sp³-hybridized carbons (Fsp3) is 0.294. The van der Waals surface area contributed by atoms with Crippen molar-refractivity contribution in [3.8, 4) is 0 Å². The van der Waals surface area contributed by atoms with Gasteiger partial charge in [0.2, 0.25) is 0 Å². The average molecular weight is 289 g/mol. The molecule has 0 spiro atoms. The Bertz CT molecular complexity index is 570. The molecule has 0 radical (unpaired) electrons. The van der Waals surface area contributed by atoms with Gasteiger partial charge in [0.15, 0.2) is 0 Å². The number of rotatable bonds is 5. The standard InChI is InChI=1S/C17H20FNS/c1-3-16(19)17(14-9-4-5-10-15(14)18)20-13-8-6-7-12(2)11-13/h4-11,16-17H,3,19H2,1-2H3. The number of halogens is 1. The van der Waals surface area contributed by atoms with Gasteiger partial charge in [0, 0.05) is 16.5 Å². The van der Waals surface area contributed by atoms with Gasteiger partial charge in [-0.3, -0.25) is 0 Å². The Kier molecular flexibility index (Phi) is 5.21. The summed E-state index contributed by atoms with van der Waals surface area (Å²) < 4.78 is 14.0. The van der Waals surface area contributed by atoms with Gasteiger partial charge >= 0.3 is 0 Å². The second-order valence-corrected chi connectivity index (χ2v) is 6.16. The summed E-state index contributed by atoms with van der Waals surface area (Å²) in [6, 6.07) is 15.1. The van der Waals surface area contributed by atoms with E-state index < -0.39 is 0 Å². The summed E-state index contributed by atoms with van der Waals surface area (Å²) in [5, 5.41) is -0.0667. The summed E-state index contributed by atoms with van der Waals surface area (Å²) >= 11 is 1.64. The molecule has 0 saturated heterocycles. The Hall–Kier alpha value is -1.32. The quantitative estimate of drug-likeness (QED) is 0.807.